The highest BCUT2D eigenvalue weighted by atomic mass is 14.9. The summed E-state index contributed by atoms with van der Waals surface area (Å²) in [7, 11) is 2.16. The Morgan fingerprint density at radius 1 is 1.38 bits per heavy atom. The van der Waals surface area contributed by atoms with Crippen LogP contribution in [-0.2, 0) is 7.05 Å². The molecule has 2 atom stereocenters. The number of nitrogens with zero attached hydrogens (tertiary/aromatic N) is 1. The molecule has 0 aliphatic heterocycles. The Labute approximate surface area is 98.2 Å². The second kappa shape index (κ2) is 3.03. The Morgan fingerprint density at radius 2 is 2.12 bits per heavy atom. The van der Waals surface area contributed by atoms with Crippen molar-refractivity contribution in [1.29, 1.82) is 0 Å². The Morgan fingerprint density at radius 3 is 2.69 bits per heavy atom. The van der Waals surface area contributed by atoms with E-state index in [-0.39, 0.29) is 0 Å². The fourth-order valence-corrected chi connectivity index (χ4v) is 3.77. The van der Waals surface area contributed by atoms with Crippen molar-refractivity contribution in [3.8, 4) is 0 Å². The molecule has 3 aliphatic carbocycles. The minimum Gasteiger partial charge on any atom is -0.351 e. The summed E-state index contributed by atoms with van der Waals surface area (Å²) in [6.45, 7) is 7.22. The summed E-state index contributed by atoms with van der Waals surface area (Å²) in [5.74, 6) is 1.72. The van der Waals surface area contributed by atoms with Gasteiger partial charge in [-0.2, -0.15) is 0 Å². The zero-order chi connectivity index (χ0) is 11.5. The number of allylic oxidation sites excluding steroid dienone is 2. The van der Waals surface area contributed by atoms with E-state index >= 15 is 0 Å². The van der Waals surface area contributed by atoms with E-state index in [0.717, 1.165) is 11.8 Å². The number of hydrogen-bond acceptors (Lipinski definition) is 0. The fraction of sp³-hybridized carbons (Fsp3) is 0.600. The molecule has 1 aromatic heterocycles. The number of rotatable bonds is 1. The van der Waals surface area contributed by atoms with Crippen LogP contribution in [0.15, 0.2) is 23.9 Å². The van der Waals surface area contributed by atoms with Crippen LogP contribution in [-0.4, -0.2) is 4.57 Å². The highest BCUT2D eigenvalue weighted by Gasteiger charge is 2.53. The summed E-state index contributed by atoms with van der Waals surface area (Å²) in [4.78, 5) is 0. The maximum Gasteiger partial charge on any atom is 0.0439 e. The number of aromatic nitrogens is 1. The Balaban J connectivity index is 2.10. The van der Waals surface area contributed by atoms with Crippen molar-refractivity contribution in [2.75, 3.05) is 0 Å². The predicted molar refractivity (Wildman–Crippen MR) is 68.0 cm³/mol. The van der Waals surface area contributed by atoms with Crippen molar-refractivity contribution in [2.24, 2.45) is 24.3 Å². The maximum atomic E-state index is 2.45. The molecule has 0 N–H and O–H groups in total. The van der Waals surface area contributed by atoms with Crippen molar-refractivity contribution in [3.63, 3.8) is 0 Å². The quantitative estimate of drug-likeness (QED) is 0.670. The third-order valence-electron chi connectivity index (χ3n) is 5.05. The molecular weight excluding hydrogens is 194 g/mol. The summed E-state index contributed by atoms with van der Waals surface area (Å²) in [5.41, 5.74) is 5.23. The minimum atomic E-state index is 0.527. The first-order chi connectivity index (χ1) is 7.51. The number of fused-ring (bicyclic) bond motifs is 1. The summed E-state index contributed by atoms with van der Waals surface area (Å²) in [5, 5.41) is 0. The van der Waals surface area contributed by atoms with Crippen LogP contribution in [0.5, 0.6) is 0 Å². The Bertz CT molecular complexity index is 462. The molecule has 0 aromatic carbocycles. The molecule has 0 radical (unpaired) electrons. The largest absolute Gasteiger partial charge is 0.351 e. The van der Waals surface area contributed by atoms with Crippen LogP contribution in [0.25, 0.3) is 5.57 Å². The topological polar surface area (TPSA) is 4.93 Å². The molecule has 4 rings (SSSR count). The third kappa shape index (κ3) is 1.12. The lowest BCUT2D eigenvalue weighted by Gasteiger charge is -2.57. The van der Waals surface area contributed by atoms with Crippen LogP contribution in [0.2, 0.25) is 0 Å². The summed E-state index contributed by atoms with van der Waals surface area (Å²) in [6, 6.07) is 4.43. The van der Waals surface area contributed by atoms with Crippen molar-refractivity contribution < 1.29 is 0 Å². The van der Waals surface area contributed by atoms with E-state index in [9.17, 15) is 0 Å². The lowest BCUT2D eigenvalue weighted by molar-refractivity contribution is 0.00735. The lowest BCUT2D eigenvalue weighted by atomic mass is 9.47. The molecule has 3 aliphatic rings. The molecule has 1 aromatic rings. The van der Waals surface area contributed by atoms with Crippen LogP contribution in [0, 0.1) is 17.3 Å². The van der Waals surface area contributed by atoms with Gasteiger partial charge in [0.05, 0.1) is 0 Å². The summed E-state index contributed by atoms with van der Waals surface area (Å²) in [6.07, 6.45) is 4.88. The predicted octanol–water partition coefficient (Wildman–Crippen LogP) is 3.86. The van der Waals surface area contributed by atoms with E-state index in [2.05, 4.69) is 50.7 Å². The molecule has 1 heteroatoms. The van der Waals surface area contributed by atoms with E-state index in [1.807, 2.05) is 0 Å². The van der Waals surface area contributed by atoms with E-state index in [1.165, 1.54) is 18.5 Å². The number of aryl methyl sites for hydroxylation is 1. The van der Waals surface area contributed by atoms with Crippen LogP contribution >= 0.6 is 0 Å². The molecular formula is C15H21N. The van der Waals surface area contributed by atoms with Crippen molar-refractivity contribution in [2.45, 2.75) is 33.6 Å². The van der Waals surface area contributed by atoms with Gasteiger partial charge in [0.1, 0.15) is 0 Å². The lowest BCUT2D eigenvalue weighted by Crippen LogP contribution is -2.48. The van der Waals surface area contributed by atoms with Crippen LogP contribution < -0.4 is 0 Å². The van der Waals surface area contributed by atoms with Crippen LogP contribution in [0.4, 0.5) is 0 Å². The van der Waals surface area contributed by atoms with E-state index in [4.69, 9.17) is 0 Å². The molecule has 2 bridgehead atoms. The average Bonchev–Trinajstić information content (AvgIpc) is 2.64. The SMILES string of the molecule is CC1=C(c2cccn2C)[C@@H]2C[C@H](C1)C2(C)C. The minimum absolute atomic E-state index is 0.527. The zero-order valence-corrected chi connectivity index (χ0v) is 10.7. The average molecular weight is 215 g/mol. The molecule has 1 saturated carbocycles. The van der Waals surface area contributed by atoms with Gasteiger partial charge in [-0.3, -0.25) is 0 Å². The van der Waals surface area contributed by atoms with Gasteiger partial charge in [0.2, 0.25) is 0 Å². The standard InChI is InChI=1S/C15H21N/c1-10-8-11-9-12(15(11,2)3)14(10)13-6-5-7-16(13)4/h5-7,11-12H,8-9H2,1-4H3/t11-,12-/m0/s1. The normalized spacial score (nSPS) is 31.5. The molecule has 1 fully saturated rings. The molecule has 86 valence electrons. The van der Waals surface area contributed by atoms with E-state index in [0.29, 0.717) is 5.41 Å². The smallest absolute Gasteiger partial charge is 0.0439 e. The zero-order valence-electron chi connectivity index (χ0n) is 10.7. The van der Waals surface area contributed by atoms with Gasteiger partial charge < -0.3 is 4.57 Å². The van der Waals surface area contributed by atoms with E-state index < -0.39 is 0 Å². The van der Waals surface area contributed by atoms with Gasteiger partial charge in [-0.25, -0.2) is 0 Å². The fourth-order valence-electron chi connectivity index (χ4n) is 3.77. The van der Waals surface area contributed by atoms with Gasteiger partial charge in [-0.15, -0.1) is 0 Å². The molecule has 0 spiro atoms. The highest BCUT2D eigenvalue weighted by Crippen LogP contribution is 2.63. The van der Waals surface area contributed by atoms with Gasteiger partial charge in [-0.1, -0.05) is 19.4 Å². The van der Waals surface area contributed by atoms with Gasteiger partial charge in [0.25, 0.3) is 0 Å². The highest BCUT2D eigenvalue weighted by molar-refractivity contribution is 5.72. The molecule has 1 nitrogen and oxygen atoms in total. The Kier molecular flexibility index (Phi) is 1.93. The molecule has 0 amide bonds. The monoisotopic (exact) mass is 215 g/mol. The third-order valence-corrected chi connectivity index (χ3v) is 5.05. The summed E-state index contributed by atoms with van der Waals surface area (Å²) >= 11 is 0. The van der Waals surface area contributed by atoms with Gasteiger partial charge >= 0.3 is 0 Å². The number of hydrogen-bond donors (Lipinski definition) is 0. The molecule has 0 unspecified atom stereocenters. The first kappa shape index (κ1) is 10.2. The van der Waals surface area contributed by atoms with Gasteiger partial charge in [0, 0.05) is 18.9 Å². The first-order valence-electron chi connectivity index (χ1n) is 6.33. The van der Waals surface area contributed by atoms with Crippen molar-refractivity contribution >= 4 is 5.57 Å². The maximum absolute atomic E-state index is 2.45. The molecule has 16 heavy (non-hydrogen) atoms. The van der Waals surface area contributed by atoms with Crippen molar-refractivity contribution in [1.82, 2.24) is 4.57 Å². The van der Waals surface area contributed by atoms with Gasteiger partial charge in [-0.05, 0) is 54.7 Å². The first-order valence-corrected chi connectivity index (χ1v) is 6.33. The molecule has 0 saturated heterocycles. The van der Waals surface area contributed by atoms with Crippen LogP contribution in [0.1, 0.15) is 39.3 Å². The Hall–Kier alpha value is -0.980. The van der Waals surface area contributed by atoms with Gasteiger partial charge in [0.15, 0.2) is 0 Å². The van der Waals surface area contributed by atoms with Crippen LogP contribution in [0.3, 0.4) is 0 Å². The molecule has 1 heterocycles. The van der Waals surface area contributed by atoms with Crippen molar-refractivity contribution in [3.05, 3.63) is 29.6 Å². The van der Waals surface area contributed by atoms with E-state index in [1.54, 1.807) is 11.1 Å². The second-order valence-corrected chi connectivity index (χ2v) is 6.21. The summed E-state index contributed by atoms with van der Waals surface area (Å²) < 4.78 is 2.27. The second-order valence-electron chi connectivity index (χ2n) is 6.21.